The predicted molar refractivity (Wildman–Crippen MR) is 201 cm³/mol. The normalized spacial score (nSPS) is 13.6. The number of carbonyl (C=O) groups excluding carboxylic acids is 2. The Morgan fingerprint density at radius 1 is 0.612 bits per heavy atom. The second-order valence-electron chi connectivity index (χ2n) is 13.2. The van der Waals surface area contributed by atoms with E-state index in [1.807, 2.05) is 0 Å². The lowest BCUT2D eigenvalue weighted by Gasteiger charge is -2.19. The van der Waals surface area contributed by atoms with E-state index in [9.17, 15) is 19.0 Å². The Hall–Kier alpha value is -1.51. The van der Waals surface area contributed by atoms with Crippen LogP contribution >= 0.6 is 7.82 Å². The Morgan fingerprint density at radius 2 is 1.08 bits per heavy atom. The zero-order chi connectivity index (χ0) is 36.1. The molecule has 0 amide bonds. The van der Waals surface area contributed by atoms with Crippen molar-refractivity contribution in [2.45, 2.75) is 187 Å². The average molecular weight is 716 g/mol. The first-order valence-electron chi connectivity index (χ1n) is 19.8. The van der Waals surface area contributed by atoms with Crippen LogP contribution in [-0.2, 0) is 32.7 Å². The summed E-state index contributed by atoms with van der Waals surface area (Å²) < 4.78 is 32.7. The van der Waals surface area contributed by atoms with E-state index in [1.54, 1.807) is 0 Å². The van der Waals surface area contributed by atoms with Gasteiger partial charge in [-0.2, -0.15) is 0 Å². The Kier molecular flexibility index (Phi) is 35.2. The molecule has 0 aliphatic heterocycles. The molecule has 49 heavy (non-hydrogen) atoms. The fourth-order valence-corrected chi connectivity index (χ4v) is 6.12. The van der Waals surface area contributed by atoms with Crippen molar-refractivity contribution in [1.29, 1.82) is 0 Å². The minimum atomic E-state index is -4.37. The van der Waals surface area contributed by atoms with Crippen molar-refractivity contribution in [3.63, 3.8) is 0 Å². The summed E-state index contributed by atoms with van der Waals surface area (Å²) in [5.74, 6) is -0.841. The smallest absolute Gasteiger partial charge is 0.462 e. The monoisotopic (exact) mass is 716 g/mol. The van der Waals surface area contributed by atoms with E-state index in [2.05, 4.69) is 38.2 Å². The molecular formula is C39H74NO8P. The lowest BCUT2D eigenvalue weighted by Crippen LogP contribution is -2.29. The second kappa shape index (κ2) is 36.3. The molecule has 2 atom stereocenters. The van der Waals surface area contributed by atoms with Gasteiger partial charge in [0.25, 0.3) is 0 Å². The van der Waals surface area contributed by atoms with E-state index in [-0.39, 0.29) is 38.6 Å². The Labute approximate surface area is 300 Å². The molecule has 0 fully saturated rings. The number of hydrogen-bond donors (Lipinski definition) is 2. The van der Waals surface area contributed by atoms with Crippen LogP contribution in [0.4, 0.5) is 0 Å². The van der Waals surface area contributed by atoms with Crippen molar-refractivity contribution >= 4 is 19.8 Å². The number of allylic oxidation sites excluding steroid dienone is 4. The summed E-state index contributed by atoms with van der Waals surface area (Å²) >= 11 is 0. The zero-order valence-electron chi connectivity index (χ0n) is 31.4. The number of rotatable bonds is 37. The van der Waals surface area contributed by atoms with Crippen LogP contribution in [0.25, 0.3) is 0 Å². The third-order valence-electron chi connectivity index (χ3n) is 8.34. The van der Waals surface area contributed by atoms with Gasteiger partial charge in [0, 0.05) is 19.4 Å². The molecule has 0 aliphatic carbocycles. The molecule has 0 spiro atoms. The summed E-state index contributed by atoms with van der Waals surface area (Å²) in [6, 6.07) is 0. The summed E-state index contributed by atoms with van der Waals surface area (Å²) in [7, 11) is -4.37. The number of ether oxygens (including phenoxy) is 2. The van der Waals surface area contributed by atoms with E-state index in [4.69, 9.17) is 24.3 Å². The molecule has 0 aromatic heterocycles. The van der Waals surface area contributed by atoms with Gasteiger partial charge in [-0.15, -0.1) is 0 Å². The fraction of sp³-hybridized carbons (Fsp3) is 0.846. The Balaban J connectivity index is 4.21. The van der Waals surface area contributed by atoms with Crippen LogP contribution in [0, 0.1) is 0 Å². The van der Waals surface area contributed by atoms with Gasteiger partial charge >= 0.3 is 19.8 Å². The summed E-state index contributed by atoms with van der Waals surface area (Å²) in [5.41, 5.74) is 5.33. The molecular weight excluding hydrogens is 641 g/mol. The molecule has 0 radical (unpaired) electrons. The van der Waals surface area contributed by atoms with E-state index < -0.39 is 26.5 Å². The highest BCUT2D eigenvalue weighted by Crippen LogP contribution is 2.43. The highest BCUT2D eigenvalue weighted by atomic mass is 31.2. The van der Waals surface area contributed by atoms with Crippen molar-refractivity contribution in [2.24, 2.45) is 5.73 Å². The first-order valence-corrected chi connectivity index (χ1v) is 21.3. The molecule has 288 valence electrons. The van der Waals surface area contributed by atoms with Crippen molar-refractivity contribution in [3.8, 4) is 0 Å². The molecule has 0 heterocycles. The first-order chi connectivity index (χ1) is 23.8. The lowest BCUT2D eigenvalue weighted by atomic mass is 10.0. The highest BCUT2D eigenvalue weighted by Gasteiger charge is 2.25. The molecule has 1 unspecified atom stereocenters. The zero-order valence-corrected chi connectivity index (χ0v) is 32.3. The van der Waals surface area contributed by atoms with Crippen LogP contribution in [0.1, 0.15) is 181 Å². The maximum atomic E-state index is 12.5. The maximum absolute atomic E-state index is 12.5. The van der Waals surface area contributed by atoms with Gasteiger partial charge in [0.05, 0.1) is 13.2 Å². The molecule has 9 nitrogen and oxygen atoms in total. The van der Waals surface area contributed by atoms with Crippen molar-refractivity contribution < 1.29 is 37.6 Å². The number of nitrogens with two attached hydrogens (primary N) is 1. The first kappa shape index (κ1) is 47.5. The van der Waals surface area contributed by atoms with Crippen LogP contribution in [0.2, 0.25) is 0 Å². The van der Waals surface area contributed by atoms with Gasteiger partial charge in [-0.3, -0.25) is 18.6 Å². The van der Waals surface area contributed by atoms with Gasteiger partial charge in [-0.25, -0.2) is 4.57 Å². The molecule has 0 saturated heterocycles. The fourth-order valence-electron chi connectivity index (χ4n) is 5.36. The summed E-state index contributed by atoms with van der Waals surface area (Å²) in [5, 5.41) is 0. The standard InChI is InChI=1S/C39H74NO8P/c1-3-5-7-9-11-13-15-17-19-21-23-25-27-29-31-38(41)45-35-37(36-47-49(43,44)46-34-33-40)48-39(42)32-30-28-26-24-22-20-18-16-14-12-10-8-6-4-2/h10,12,16,18,37H,3-9,11,13-15,17,19-36,40H2,1-2H3,(H,43,44)/b12-10-,18-16-/t37-/m1/s1. The average Bonchev–Trinajstić information content (AvgIpc) is 3.08. The lowest BCUT2D eigenvalue weighted by molar-refractivity contribution is -0.161. The number of hydrogen-bond acceptors (Lipinski definition) is 8. The molecule has 0 aromatic carbocycles. The topological polar surface area (TPSA) is 134 Å². The quantitative estimate of drug-likeness (QED) is 0.0279. The number of unbranched alkanes of at least 4 members (excludes halogenated alkanes) is 20. The van der Waals surface area contributed by atoms with E-state index in [0.29, 0.717) is 6.42 Å². The number of carbonyl (C=O) groups is 2. The van der Waals surface area contributed by atoms with Crippen LogP contribution in [0.15, 0.2) is 24.3 Å². The van der Waals surface area contributed by atoms with Crippen molar-refractivity contribution in [1.82, 2.24) is 0 Å². The Bertz CT molecular complexity index is 866. The largest absolute Gasteiger partial charge is 0.472 e. The molecule has 0 aliphatic rings. The third kappa shape index (κ3) is 36.1. The minimum absolute atomic E-state index is 0.0523. The maximum Gasteiger partial charge on any atom is 0.472 e. The van der Waals surface area contributed by atoms with Gasteiger partial charge in [0.2, 0.25) is 0 Å². The molecule has 3 N–H and O–H groups in total. The molecule has 0 bridgehead atoms. The molecule has 0 saturated carbocycles. The van der Waals surface area contributed by atoms with Crippen LogP contribution < -0.4 is 5.73 Å². The highest BCUT2D eigenvalue weighted by molar-refractivity contribution is 7.47. The van der Waals surface area contributed by atoms with Gasteiger partial charge in [0.15, 0.2) is 6.10 Å². The second-order valence-corrected chi connectivity index (χ2v) is 14.6. The van der Waals surface area contributed by atoms with Crippen LogP contribution in [-0.4, -0.2) is 49.3 Å². The van der Waals surface area contributed by atoms with Gasteiger partial charge < -0.3 is 20.1 Å². The number of phosphoric acid groups is 1. The van der Waals surface area contributed by atoms with Gasteiger partial charge in [-0.1, -0.05) is 154 Å². The van der Waals surface area contributed by atoms with Gasteiger partial charge in [-0.05, 0) is 38.5 Å². The predicted octanol–water partition coefficient (Wildman–Crippen LogP) is 10.8. The van der Waals surface area contributed by atoms with E-state index in [0.717, 1.165) is 64.2 Å². The number of esters is 2. The number of phosphoric ester groups is 1. The van der Waals surface area contributed by atoms with E-state index in [1.165, 1.54) is 83.5 Å². The summed E-state index contributed by atoms with van der Waals surface area (Å²) in [6.45, 7) is 3.67. The van der Waals surface area contributed by atoms with Crippen LogP contribution in [0.3, 0.4) is 0 Å². The molecule has 0 aromatic rings. The molecule has 0 rings (SSSR count). The minimum Gasteiger partial charge on any atom is -0.462 e. The van der Waals surface area contributed by atoms with Crippen LogP contribution in [0.5, 0.6) is 0 Å². The Morgan fingerprint density at radius 3 is 1.61 bits per heavy atom. The summed E-state index contributed by atoms with van der Waals surface area (Å²) in [6.07, 6.45) is 36.3. The third-order valence-corrected chi connectivity index (χ3v) is 9.32. The SMILES string of the molecule is CCCC/C=C\C/C=C\CCCCCCCC(=O)O[C@H](COC(=O)CCCCCCCCCCCCCCCC)COP(=O)(O)OCCN. The van der Waals surface area contributed by atoms with Crippen molar-refractivity contribution in [2.75, 3.05) is 26.4 Å². The molecule has 10 heteroatoms. The van der Waals surface area contributed by atoms with Crippen molar-refractivity contribution in [3.05, 3.63) is 24.3 Å². The van der Waals surface area contributed by atoms with Gasteiger partial charge in [0.1, 0.15) is 6.61 Å². The summed E-state index contributed by atoms with van der Waals surface area (Å²) in [4.78, 5) is 34.7. The van der Waals surface area contributed by atoms with E-state index >= 15 is 0 Å².